The summed E-state index contributed by atoms with van der Waals surface area (Å²) in [5.74, 6) is -1.26. The molecular weight excluding hydrogens is 201 g/mol. The van der Waals surface area contributed by atoms with Gasteiger partial charge in [-0.1, -0.05) is 0 Å². The summed E-state index contributed by atoms with van der Waals surface area (Å²) in [6.07, 6.45) is 1.57. The minimum atomic E-state index is -1.26. The van der Waals surface area contributed by atoms with Gasteiger partial charge in [0.25, 0.3) is 0 Å². The van der Waals surface area contributed by atoms with E-state index < -0.39 is 18.1 Å². The van der Waals surface area contributed by atoms with Gasteiger partial charge in [0.1, 0.15) is 5.56 Å². The van der Waals surface area contributed by atoms with Gasteiger partial charge >= 0.3 is 5.97 Å². The first kappa shape index (κ1) is 11.4. The van der Waals surface area contributed by atoms with E-state index in [1.54, 1.807) is 11.5 Å². The molecule has 0 aliphatic carbocycles. The fourth-order valence-corrected chi connectivity index (χ4v) is 1.30. The Hall–Kier alpha value is -1.65. The van der Waals surface area contributed by atoms with Crippen LogP contribution in [0.2, 0.25) is 0 Å². The van der Waals surface area contributed by atoms with Crippen molar-refractivity contribution in [2.75, 3.05) is 6.67 Å². The van der Waals surface area contributed by atoms with Gasteiger partial charge in [0.05, 0.1) is 6.67 Å². The van der Waals surface area contributed by atoms with E-state index in [1.165, 1.54) is 12.3 Å². The van der Waals surface area contributed by atoms with E-state index >= 15 is 0 Å². The molecule has 0 fully saturated rings. The molecule has 1 N–H and O–H groups in total. The summed E-state index contributed by atoms with van der Waals surface area (Å²) in [7, 11) is 0. The number of pyridine rings is 1. The van der Waals surface area contributed by atoms with E-state index in [0.29, 0.717) is 18.7 Å². The second kappa shape index (κ2) is 4.72. The number of hydrogen-bond donors (Lipinski definition) is 1. The first-order chi connectivity index (χ1) is 7.06. The van der Waals surface area contributed by atoms with Crippen molar-refractivity contribution in [3.63, 3.8) is 0 Å². The number of carboxylic acid groups (broad SMARTS) is 1. The minimum Gasteiger partial charge on any atom is -0.477 e. The van der Waals surface area contributed by atoms with Crippen molar-refractivity contribution in [3.05, 3.63) is 33.7 Å². The monoisotopic (exact) mass is 213 g/mol. The fourth-order valence-electron chi connectivity index (χ4n) is 1.30. The Bertz CT molecular complexity index is 425. The van der Waals surface area contributed by atoms with Crippen LogP contribution in [0.5, 0.6) is 0 Å². The van der Waals surface area contributed by atoms with Gasteiger partial charge in [0.15, 0.2) is 5.43 Å². The number of alkyl halides is 1. The normalized spacial score (nSPS) is 10.3. The molecule has 0 aliphatic rings. The SMILES string of the molecule is Cc1cc(=O)c(C(=O)O)cn1CCCF. The van der Waals surface area contributed by atoms with Crippen molar-refractivity contribution < 1.29 is 14.3 Å². The number of carboxylic acids is 1. The van der Waals surface area contributed by atoms with Crippen LogP contribution in [0.3, 0.4) is 0 Å². The number of aromatic carboxylic acids is 1. The van der Waals surface area contributed by atoms with E-state index in [2.05, 4.69) is 0 Å². The zero-order chi connectivity index (χ0) is 11.4. The van der Waals surface area contributed by atoms with Gasteiger partial charge in [-0.15, -0.1) is 0 Å². The lowest BCUT2D eigenvalue weighted by Gasteiger charge is -2.09. The van der Waals surface area contributed by atoms with Crippen LogP contribution in [0.25, 0.3) is 0 Å². The second-order valence-corrected chi connectivity index (χ2v) is 3.23. The second-order valence-electron chi connectivity index (χ2n) is 3.23. The maximum absolute atomic E-state index is 12.0. The third-order valence-corrected chi connectivity index (χ3v) is 2.11. The Balaban J connectivity index is 3.12. The van der Waals surface area contributed by atoms with E-state index in [9.17, 15) is 14.0 Å². The predicted molar refractivity (Wildman–Crippen MR) is 53.0 cm³/mol. The third-order valence-electron chi connectivity index (χ3n) is 2.11. The topological polar surface area (TPSA) is 59.3 Å². The van der Waals surface area contributed by atoms with Gasteiger partial charge in [-0.3, -0.25) is 9.18 Å². The maximum atomic E-state index is 12.0. The highest BCUT2D eigenvalue weighted by Gasteiger charge is 2.10. The van der Waals surface area contributed by atoms with Crippen LogP contribution in [0.15, 0.2) is 17.1 Å². The molecule has 0 amide bonds. The minimum absolute atomic E-state index is 0.278. The number of halogens is 1. The molecule has 0 radical (unpaired) electrons. The number of rotatable bonds is 4. The summed E-state index contributed by atoms with van der Waals surface area (Å²) in [5, 5.41) is 8.72. The quantitative estimate of drug-likeness (QED) is 0.817. The molecular formula is C10H12FNO3. The van der Waals surface area contributed by atoms with Gasteiger partial charge in [-0.05, 0) is 13.3 Å². The zero-order valence-corrected chi connectivity index (χ0v) is 8.36. The standard InChI is InChI=1S/C10H12FNO3/c1-7-5-9(13)8(10(14)15)6-12(7)4-2-3-11/h5-6H,2-4H2,1H3,(H,14,15). The molecule has 0 spiro atoms. The molecule has 15 heavy (non-hydrogen) atoms. The number of carbonyl (C=O) groups is 1. The van der Waals surface area contributed by atoms with E-state index in [-0.39, 0.29) is 5.56 Å². The number of aromatic nitrogens is 1. The van der Waals surface area contributed by atoms with Crippen LogP contribution in [0.1, 0.15) is 22.5 Å². The maximum Gasteiger partial charge on any atom is 0.341 e. The summed E-state index contributed by atoms with van der Waals surface area (Å²) < 4.78 is 13.5. The van der Waals surface area contributed by atoms with Crippen LogP contribution >= 0.6 is 0 Å². The molecule has 1 aromatic rings. The Labute approximate surface area is 86.0 Å². The van der Waals surface area contributed by atoms with Gasteiger partial charge < -0.3 is 9.67 Å². The summed E-state index contributed by atoms with van der Waals surface area (Å²) in [4.78, 5) is 21.9. The van der Waals surface area contributed by atoms with Crippen molar-refractivity contribution in [2.24, 2.45) is 0 Å². The number of hydrogen-bond acceptors (Lipinski definition) is 2. The fraction of sp³-hybridized carbons (Fsp3) is 0.400. The number of aryl methyl sites for hydroxylation is 2. The molecule has 1 aromatic heterocycles. The molecule has 1 rings (SSSR count). The molecule has 0 bridgehead atoms. The van der Waals surface area contributed by atoms with Gasteiger partial charge in [0, 0.05) is 24.5 Å². The summed E-state index contributed by atoms with van der Waals surface area (Å²) in [6, 6.07) is 1.25. The zero-order valence-electron chi connectivity index (χ0n) is 8.36. The van der Waals surface area contributed by atoms with Crippen LogP contribution in [0.4, 0.5) is 4.39 Å². The molecule has 0 saturated carbocycles. The average Bonchev–Trinajstić information content (AvgIpc) is 2.16. The third kappa shape index (κ3) is 2.65. The van der Waals surface area contributed by atoms with Crippen LogP contribution < -0.4 is 5.43 Å². The van der Waals surface area contributed by atoms with Crippen molar-refractivity contribution in [1.29, 1.82) is 0 Å². The molecule has 4 nitrogen and oxygen atoms in total. The molecule has 0 aliphatic heterocycles. The Morgan fingerprint density at radius 3 is 2.80 bits per heavy atom. The van der Waals surface area contributed by atoms with Crippen molar-refractivity contribution in [1.82, 2.24) is 4.57 Å². The van der Waals surface area contributed by atoms with Gasteiger partial charge in [-0.25, -0.2) is 4.79 Å². The molecule has 0 aromatic carbocycles. The Morgan fingerprint density at radius 2 is 2.27 bits per heavy atom. The lowest BCUT2D eigenvalue weighted by Crippen LogP contribution is -2.19. The Morgan fingerprint density at radius 1 is 1.60 bits per heavy atom. The largest absolute Gasteiger partial charge is 0.477 e. The summed E-state index contributed by atoms with van der Waals surface area (Å²) in [6.45, 7) is 1.60. The molecule has 1 heterocycles. The van der Waals surface area contributed by atoms with Gasteiger partial charge in [0.2, 0.25) is 0 Å². The lowest BCUT2D eigenvalue weighted by atomic mass is 10.2. The predicted octanol–water partition coefficient (Wildman–Crippen LogP) is 1.21. The Kier molecular flexibility index (Phi) is 3.60. The highest BCUT2D eigenvalue weighted by Crippen LogP contribution is 2.01. The van der Waals surface area contributed by atoms with E-state index in [4.69, 9.17) is 5.11 Å². The first-order valence-electron chi connectivity index (χ1n) is 4.56. The van der Waals surface area contributed by atoms with Crippen molar-refractivity contribution >= 4 is 5.97 Å². The first-order valence-corrected chi connectivity index (χ1v) is 4.56. The lowest BCUT2D eigenvalue weighted by molar-refractivity contribution is 0.0694. The highest BCUT2D eigenvalue weighted by atomic mass is 19.1. The molecule has 82 valence electrons. The average molecular weight is 213 g/mol. The highest BCUT2D eigenvalue weighted by molar-refractivity contribution is 5.87. The van der Waals surface area contributed by atoms with Crippen molar-refractivity contribution in [2.45, 2.75) is 19.9 Å². The molecule has 0 atom stereocenters. The van der Waals surface area contributed by atoms with E-state index in [1.807, 2.05) is 0 Å². The molecule has 0 saturated heterocycles. The number of nitrogens with zero attached hydrogens (tertiary/aromatic N) is 1. The summed E-state index contributed by atoms with van der Waals surface area (Å²) in [5.41, 5.74) is -0.158. The van der Waals surface area contributed by atoms with Crippen LogP contribution in [0, 0.1) is 6.92 Å². The smallest absolute Gasteiger partial charge is 0.341 e. The van der Waals surface area contributed by atoms with Crippen molar-refractivity contribution in [3.8, 4) is 0 Å². The molecule has 5 heteroatoms. The van der Waals surface area contributed by atoms with Crippen LogP contribution in [-0.2, 0) is 6.54 Å². The van der Waals surface area contributed by atoms with Crippen LogP contribution in [-0.4, -0.2) is 22.3 Å². The summed E-state index contributed by atoms with van der Waals surface area (Å²) >= 11 is 0. The molecule has 0 unspecified atom stereocenters. The van der Waals surface area contributed by atoms with E-state index in [0.717, 1.165) is 0 Å². The van der Waals surface area contributed by atoms with Gasteiger partial charge in [-0.2, -0.15) is 0 Å².